The molecule has 0 spiro atoms. The van der Waals surface area contributed by atoms with Gasteiger partial charge in [0.15, 0.2) is 6.29 Å². The number of aliphatic hydroxyl groups excluding tert-OH is 1. The third kappa shape index (κ3) is 7.57. The molecule has 1 aliphatic rings. The number of aliphatic hydroxyl groups is 1. The van der Waals surface area contributed by atoms with Crippen LogP contribution in [0.2, 0.25) is 0 Å². The maximum atomic E-state index is 12.3. The van der Waals surface area contributed by atoms with E-state index in [1.165, 1.54) is 0 Å². The number of para-hydroxylation sites is 2. The zero-order chi connectivity index (χ0) is 33.5. The molecule has 10 nitrogen and oxygen atoms in total. The van der Waals surface area contributed by atoms with Crippen LogP contribution in [0.4, 0.5) is 4.79 Å². The maximum Gasteiger partial charge on any atom is 0.325 e. The SMILES string of the molecule is CCOC(=O)CNC(=O)NCc1ccccc1-c1ccc(C2OC(Cn3cnc4ccccc43)C(C)C(c3ccc(CO)cc3)O2)cc1. The van der Waals surface area contributed by atoms with Gasteiger partial charge in [-0.05, 0) is 46.9 Å². The standard InChI is InChI=1S/C38H40N4O6/c1-3-46-35(44)21-40-38(45)39-20-30-8-4-5-9-31(30)27-16-18-29(19-17-27)37-47-34(22-42-24-41-32-10-6-7-11-33(32)42)25(2)36(48-37)28-14-12-26(23-43)13-15-28/h4-19,24-25,34,36-37,43H,3,20-23H2,1-2H3,(H2,39,40,45). The Kier molecular flexibility index (Phi) is 10.4. The molecule has 3 N–H and O–H groups in total. The Bertz CT molecular complexity index is 1840. The van der Waals surface area contributed by atoms with Gasteiger partial charge >= 0.3 is 12.0 Å². The smallest absolute Gasteiger partial charge is 0.325 e. The predicted octanol–water partition coefficient (Wildman–Crippen LogP) is 6.05. The lowest BCUT2D eigenvalue weighted by Crippen LogP contribution is -2.39. The van der Waals surface area contributed by atoms with Crippen LogP contribution in [0, 0.1) is 5.92 Å². The van der Waals surface area contributed by atoms with Gasteiger partial charge in [-0.25, -0.2) is 9.78 Å². The number of carbonyl (C=O) groups is 2. The van der Waals surface area contributed by atoms with Gasteiger partial charge in [-0.2, -0.15) is 0 Å². The molecule has 1 fully saturated rings. The molecule has 0 aliphatic carbocycles. The highest BCUT2D eigenvalue weighted by molar-refractivity contribution is 5.81. The van der Waals surface area contributed by atoms with Gasteiger partial charge in [-0.15, -0.1) is 0 Å². The van der Waals surface area contributed by atoms with Crippen molar-refractivity contribution in [2.75, 3.05) is 13.2 Å². The summed E-state index contributed by atoms with van der Waals surface area (Å²) in [5, 5.41) is 14.9. The molecule has 1 aromatic heterocycles. The fourth-order valence-electron chi connectivity index (χ4n) is 6.06. The van der Waals surface area contributed by atoms with Crippen LogP contribution in [-0.2, 0) is 38.7 Å². The van der Waals surface area contributed by atoms with Crippen LogP contribution in [-0.4, -0.2) is 45.9 Å². The van der Waals surface area contributed by atoms with Crippen LogP contribution in [0.5, 0.6) is 0 Å². The van der Waals surface area contributed by atoms with Crippen LogP contribution >= 0.6 is 0 Å². The minimum Gasteiger partial charge on any atom is -0.465 e. The number of fused-ring (bicyclic) bond motifs is 1. The number of ether oxygens (including phenoxy) is 3. The molecule has 48 heavy (non-hydrogen) atoms. The second-order valence-electron chi connectivity index (χ2n) is 11.8. The lowest BCUT2D eigenvalue weighted by atomic mass is 9.90. The number of imidazole rings is 1. The number of amides is 2. The summed E-state index contributed by atoms with van der Waals surface area (Å²) in [5.74, 6) is -0.462. The van der Waals surface area contributed by atoms with Crippen molar-refractivity contribution >= 4 is 23.0 Å². The molecule has 4 atom stereocenters. The van der Waals surface area contributed by atoms with Gasteiger partial charge in [0.2, 0.25) is 0 Å². The van der Waals surface area contributed by atoms with Crippen molar-refractivity contribution in [2.24, 2.45) is 5.92 Å². The molecule has 2 heterocycles. The maximum absolute atomic E-state index is 12.3. The van der Waals surface area contributed by atoms with E-state index in [9.17, 15) is 14.7 Å². The average molecular weight is 649 g/mol. The predicted molar refractivity (Wildman–Crippen MR) is 181 cm³/mol. The summed E-state index contributed by atoms with van der Waals surface area (Å²) in [6, 6.07) is 31.5. The monoisotopic (exact) mass is 648 g/mol. The quantitative estimate of drug-likeness (QED) is 0.149. The zero-order valence-corrected chi connectivity index (χ0v) is 27.0. The van der Waals surface area contributed by atoms with Crippen molar-refractivity contribution in [3.05, 3.63) is 126 Å². The molecule has 0 bridgehead atoms. The van der Waals surface area contributed by atoms with E-state index in [1.54, 1.807) is 6.92 Å². The lowest BCUT2D eigenvalue weighted by Gasteiger charge is -2.41. The van der Waals surface area contributed by atoms with Gasteiger partial charge in [0, 0.05) is 18.0 Å². The number of nitrogens with one attached hydrogen (secondary N) is 2. The summed E-state index contributed by atoms with van der Waals surface area (Å²) in [6.45, 7) is 4.80. The molecule has 4 aromatic carbocycles. The molecule has 1 aliphatic heterocycles. The number of benzene rings is 4. The highest BCUT2D eigenvalue weighted by atomic mass is 16.7. The van der Waals surface area contributed by atoms with Crippen molar-refractivity contribution in [1.29, 1.82) is 0 Å². The van der Waals surface area contributed by atoms with E-state index in [0.717, 1.165) is 44.4 Å². The lowest BCUT2D eigenvalue weighted by molar-refractivity contribution is -0.276. The van der Waals surface area contributed by atoms with Crippen molar-refractivity contribution in [3.63, 3.8) is 0 Å². The third-order valence-corrected chi connectivity index (χ3v) is 8.68. The first-order chi connectivity index (χ1) is 23.4. The van der Waals surface area contributed by atoms with Gasteiger partial charge in [0.25, 0.3) is 0 Å². The summed E-state index contributed by atoms with van der Waals surface area (Å²) in [4.78, 5) is 28.4. The Morgan fingerprint density at radius 2 is 1.62 bits per heavy atom. The topological polar surface area (TPSA) is 124 Å². The van der Waals surface area contributed by atoms with E-state index in [2.05, 4.69) is 33.2 Å². The van der Waals surface area contributed by atoms with Crippen molar-refractivity contribution in [2.45, 2.75) is 52.0 Å². The Hall–Kier alpha value is -5.03. The molecule has 0 radical (unpaired) electrons. The number of urea groups is 1. The molecule has 6 rings (SSSR count). The summed E-state index contributed by atoms with van der Waals surface area (Å²) in [7, 11) is 0. The highest BCUT2D eigenvalue weighted by Crippen LogP contribution is 2.42. The fourth-order valence-corrected chi connectivity index (χ4v) is 6.06. The fraction of sp³-hybridized carbons (Fsp3) is 0.289. The molecular formula is C38H40N4O6. The van der Waals surface area contributed by atoms with Crippen LogP contribution < -0.4 is 10.6 Å². The second kappa shape index (κ2) is 15.2. The van der Waals surface area contributed by atoms with Crippen molar-refractivity contribution in [3.8, 4) is 11.1 Å². The van der Waals surface area contributed by atoms with E-state index in [4.69, 9.17) is 14.2 Å². The minimum absolute atomic E-state index is 0.0162. The summed E-state index contributed by atoms with van der Waals surface area (Å²) >= 11 is 0. The number of aromatic nitrogens is 2. The molecule has 248 valence electrons. The summed E-state index contributed by atoms with van der Waals surface area (Å²) in [5.41, 5.74) is 7.62. The first kappa shape index (κ1) is 32.9. The van der Waals surface area contributed by atoms with Gasteiger partial charge < -0.3 is 34.5 Å². The molecule has 1 saturated heterocycles. The molecule has 4 unspecified atom stereocenters. The summed E-state index contributed by atoms with van der Waals surface area (Å²) < 4.78 is 20.4. The number of esters is 1. The van der Waals surface area contributed by atoms with E-state index in [1.807, 2.05) is 97.3 Å². The normalized spacial score (nSPS) is 19.1. The Labute approximate surface area is 279 Å². The number of rotatable bonds is 11. The highest BCUT2D eigenvalue weighted by Gasteiger charge is 2.38. The Morgan fingerprint density at radius 1 is 0.896 bits per heavy atom. The van der Waals surface area contributed by atoms with Crippen molar-refractivity contribution < 1.29 is 28.9 Å². The number of carbonyl (C=O) groups excluding carboxylic acids is 2. The first-order valence-corrected chi connectivity index (χ1v) is 16.2. The first-order valence-electron chi connectivity index (χ1n) is 16.2. The van der Waals surface area contributed by atoms with Gasteiger partial charge in [0.05, 0.1) is 49.3 Å². The van der Waals surface area contributed by atoms with Crippen LogP contribution in [0.1, 0.15) is 48.5 Å². The van der Waals surface area contributed by atoms with Gasteiger partial charge in [-0.3, -0.25) is 4.79 Å². The Balaban J connectivity index is 1.21. The largest absolute Gasteiger partial charge is 0.465 e. The molecule has 0 saturated carbocycles. The number of hydrogen-bond donors (Lipinski definition) is 3. The molecular weight excluding hydrogens is 608 g/mol. The van der Waals surface area contributed by atoms with Crippen LogP contribution in [0.3, 0.4) is 0 Å². The van der Waals surface area contributed by atoms with Crippen LogP contribution in [0.25, 0.3) is 22.2 Å². The number of nitrogens with zero attached hydrogens (tertiary/aromatic N) is 2. The van der Waals surface area contributed by atoms with E-state index in [0.29, 0.717) is 6.54 Å². The van der Waals surface area contributed by atoms with Gasteiger partial charge in [-0.1, -0.05) is 91.9 Å². The van der Waals surface area contributed by atoms with Crippen LogP contribution in [0.15, 0.2) is 103 Å². The summed E-state index contributed by atoms with van der Waals surface area (Å²) in [6.07, 6.45) is 0.835. The minimum atomic E-state index is -0.613. The van der Waals surface area contributed by atoms with Crippen molar-refractivity contribution in [1.82, 2.24) is 20.2 Å². The zero-order valence-electron chi connectivity index (χ0n) is 27.0. The second-order valence-corrected chi connectivity index (χ2v) is 11.8. The molecule has 2 amide bonds. The van der Waals surface area contributed by atoms with Gasteiger partial charge in [0.1, 0.15) is 6.54 Å². The average Bonchev–Trinajstić information content (AvgIpc) is 3.53. The van der Waals surface area contributed by atoms with E-state index < -0.39 is 18.3 Å². The number of hydrogen-bond acceptors (Lipinski definition) is 7. The molecule has 10 heteroatoms. The molecule has 5 aromatic rings. The Morgan fingerprint density at radius 3 is 2.40 bits per heavy atom. The van der Waals surface area contributed by atoms with E-state index in [-0.39, 0.29) is 44.4 Å². The van der Waals surface area contributed by atoms with E-state index >= 15 is 0 Å². The third-order valence-electron chi connectivity index (χ3n) is 8.68.